The number of carbonyl (C=O) groups excluding carboxylic acids is 1. The van der Waals surface area contributed by atoms with Crippen LogP contribution in [0.15, 0.2) is 12.7 Å². The number of hydrogen-bond donors (Lipinski definition) is 0. The second kappa shape index (κ2) is 8.24. The van der Waals surface area contributed by atoms with Gasteiger partial charge in [0.05, 0.1) is 6.61 Å². The third-order valence-electron chi connectivity index (χ3n) is 3.13. The van der Waals surface area contributed by atoms with E-state index in [2.05, 4.69) is 11.3 Å². The summed E-state index contributed by atoms with van der Waals surface area (Å²) in [5.74, 6) is -15.4. The zero-order valence-corrected chi connectivity index (χ0v) is 14.3. The molecular weight excluding hydrogens is 425 g/mol. The first kappa shape index (κ1) is 25.5. The first-order valence-electron chi connectivity index (χ1n) is 6.83. The van der Waals surface area contributed by atoms with Gasteiger partial charge < -0.3 is 4.74 Å². The number of carbonyl (C=O) groups is 1. The second-order valence-electron chi connectivity index (χ2n) is 5.07. The van der Waals surface area contributed by atoms with E-state index in [0.717, 1.165) is 6.08 Å². The van der Waals surface area contributed by atoms with Crippen molar-refractivity contribution in [2.75, 3.05) is 20.2 Å². The summed E-state index contributed by atoms with van der Waals surface area (Å²) in [6.07, 6.45) is -6.86. The van der Waals surface area contributed by atoms with Crippen LogP contribution in [0.25, 0.3) is 0 Å². The Balaban J connectivity index is 5.31. The molecule has 0 rings (SSSR count). The van der Waals surface area contributed by atoms with E-state index in [1.807, 2.05) is 0 Å². The van der Waals surface area contributed by atoms with E-state index < -0.39 is 50.1 Å². The number of alkyl halides is 9. The van der Waals surface area contributed by atoms with E-state index in [4.69, 9.17) is 0 Å². The Kier molecular flexibility index (Phi) is 7.78. The second-order valence-corrected chi connectivity index (χ2v) is 7.15. The lowest BCUT2D eigenvalue weighted by atomic mass is 10.1. The number of halogens is 9. The maximum Gasteiger partial charge on any atom is 0.460 e. The molecule has 0 unspecified atom stereocenters. The number of sulfonamides is 1. The van der Waals surface area contributed by atoms with E-state index in [1.54, 1.807) is 0 Å². The molecule has 0 amide bonds. The fourth-order valence-electron chi connectivity index (χ4n) is 1.51. The highest BCUT2D eigenvalue weighted by Crippen LogP contribution is 2.55. The van der Waals surface area contributed by atoms with Gasteiger partial charge in [0.15, 0.2) is 0 Å². The van der Waals surface area contributed by atoms with E-state index >= 15 is 0 Å². The molecule has 0 bridgehead atoms. The summed E-state index contributed by atoms with van der Waals surface area (Å²) in [5.41, 5.74) is 0. The van der Waals surface area contributed by atoms with Gasteiger partial charge in [-0.1, -0.05) is 6.58 Å². The topological polar surface area (TPSA) is 63.7 Å². The molecule has 0 saturated carbocycles. The lowest BCUT2D eigenvalue weighted by molar-refractivity contribution is -0.382. The summed E-state index contributed by atoms with van der Waals surface area (Å²) in [6.45, 7) is 1.77. The molecule has 0 aromatic rings. The fourth-order valence-corrected chi connectivity index (χ4v) is 2.72. The zero-order chi connectivity index (χ0) is 21.9. The molecule has 27 heavy (non-hydrogen) atoms. The highest BCUT2D eigenvalue weighted by atomic mass is 32.2. The van der Waals surface area contributed by atoms with Gasteiger partial charge in [-0.25, -0.2) is 13.2 Å². The van der Waals surface area contributed by atoms with Crippen LogP contribution in [0.1, 0.15) is 12.8 Å². The highest BCUT2D eigenvalue weighted by Gasteiger charge is 2.85. The molecule has 0 fully saturated rings. The van der Waals surface area contributed by atoms with Gasteiger partial charge in [0.25, 0.3) is 10.0 Å². The number of rotatable bonds is 10. The van der Waals surface area contributed by atoms with Crippen LogP contribution in [0.3, 0.4) is 0 Å². The Morgan fingerprint density at radius 2 is 1.48 bits per heavy atom. The van der Waals surface area contributed by atoms with Crippen LogP contribution in [-0.2, 0) is 19.6 Å². The van der Waals surface area contributed by atoms with Crippen molar-refractivity contribution in [3.05, 3.63) is 12.7 Å². The molecule has 0 N–H and O–H groups in total. The highest BCUT2D eigenvalue weighted by molar-refractivity contribution is 7.90. The van der Waals surface area contributed by atoms with Crippen molar-refractivity contribution in [3.63, 3.8) is 0 Å². The Hall–Kier alpha value is -1.51. The molecule has 0 atom stereocenters. The Labute approximate surface area is 147 Å². The van der Waals surface area contributed by atoms with Gasteiger partial charge >= 0.3 is 29.2 Å². The van der Waals surface area contributed by atoms with Gasteiger partial charge in [-0.15, -0.1) is 0 Å². The van der Waals surface area contributed by atoms with Gasteiger partial charge in [-0.05, 0) is 12.8 Å². The Morgan fingerprint density at radius 1 is 1.00 bits per heavy atom. The molecule has 0 aliphatic carbocycles. The third-order valence-corrected chi connectivity index (χ3v) is 5.04. The zero-order valence-electron chi connectivity index (χ0n) is 13.5. The molecule has 0 heterocycles. The minimum absolute atomic E-state index is 0.153. The number of nitrogens with zero attached hydrogens (tertiary/aromatic N) is 1. The Bertz CT molecular complexity index is 646. The van der Waals surface area contributed by atoms with E-state index in [1.165, 1.54) is 0 Å². The van der Waals surface area contributed by atoms with Crippen molar-refractivity contribution in [2.45, 2.75) is 36.1 Å². The van der Waals surface area contributed by atoms with Crippen molar-refractivity contribution in [2.24, 2.45) is 0 Å². The van der Waals surface area contributed by atoms with E-state index in [-0.39, 0.29) is 19.4 Å². The summed E-state index contributed by atoms with van der Waals surface area (Å²) in [4.78, 5) is 10.7. The maximum atomic E-state index is 13.5. The Morgan fingerprint density at radius 3 is 1.89 bits per heavy atom. The van der Waals surface area contributed by atoms with E-state index in [0.29, 0.717) is 7.05 Å². The number of ether oxygens (including phenoxy) is 1. The standard InChI is InChI=1S/C12H14F9NO4S/c1-3-8(23)26-7-5-4-6-22(2)27(24,25)12(20,21)10(15,16)9(13,14)11(17,18)19/h3H,1,4-7H2,2H3. The van der Waals surface area contributed by atoms with Crippen molar-refractivity contribution >= 4 is 16.0 Å². The number of esters is 1. The minimum Gasteiger partial charge on any atom is -0.463 e. The first-order valence-corrected chi connectivity index (χ1v) is 8.27. The van der Waals surface area contributed by atoms with Crippen LogP contribution in [0.4, 0.5) is 39.5 Å². The molecular formula is C12H14F9NO4S. The van der Waals surface area contributed by atoms with Gasteiger partial charge in [0.1, 0.15) is 0 Å². The van der Waals surface area contributed by atoms with Crippen molar-refractivity contribution < 1.29 is 57.5 Å². The van der Waals surface area contributed by atoms with Crippen molar-refractivity contribution in [1.82, 2.24) is 4.31 Å². The van der Waals surface area contributed by atoms with Crippen LogP contribution in [0.5, 0.6) is 0 Å². The SMILES string of the molecule is C=CC(=O)OCCCCN(C)S(=O)(=O)C(F)(F)C(F)(F)C(F)(F)C(F)(F)F. The molecule has 160 valence electrons. The van der Waals surface area contributed by atoms with Gasteiger partial charge in [-0.3, -0.25) is 0 Å². The fraction of sp³-hybridized carbons (Fsp3) is 0.750. The predicted molar refractivity (Wildman–Crippen MR) is 72.8 cm³/mol. The molecule has 0 aromatic carbocycles. The van der Waals surface area contributed by atoms with Crippen LogP contribution in [0.2, 0.25) is 0 Å². The summed E-state index contributed by atoms with van der Waals surface area (Å²) in [6, 6.07) is 0. The molecule has 15 heteroatoms. The maximum absolute atomic E-state index is 13.5. The van der Waals surface area contributed by atoms with Crippen LogP contribution in [-0.4, -0.2) is 62.2 Å². The normalized spacial score (nSPS) is 14.3. The van der Waals surface area contributed by atoms with Crippen LogP contribution < -0.4 is 0 Å². The monoisotopic (exact) mass is 439 g/mol. The van der Waals surface area contributed by atoms with Gasteiger partial charge in [-0.2, -0.15) is 43.8 Å². The average molecular weight is 439 g/mol. The quantitative estimate of drug-likeness (QED) is 0.227. The summed E-state index contributed by atoms with van der Waals surface area (Å²) in [5, 5.41) is -6.76. The predicted octanol–water partition coefficient (Wildman–Crippen LogP) is 3.18. The number of hydrogen-bond acceptors (Lipinski definition) is 4. The number of unbranched alkanes of at least 4 members (excludes halogenated alkanes) is 1. The summed E-state index contributed by atoms with van der Waals surface area (Å²) in [7, 11) is -6.31. The molecule has 0 saturated heterocycles. The van der Waals surface area contributed by atoms with Gasteiger partial charge in [0, 0.05) is 19.7 Å². The summed E-state index contributed by atoms with van der Waals surface area (Å²) < 4.78 is 142. The largest absolute Gasteiger partial charge is 0.463 e. The molecule has 0 aliphatic rings. The lowest BCUT2D eigenvalue weighted by Crippen LogP contribution is -2.65. The van der Waals surface area contributed by atoms with Crippen LogP contribution in [0, 0.1) is 0 Å². The first-order chi connectivity index (χ1) is 11.9. The van der Waals surface area contributed by atoms with Crippen LogP contribution >= 0.6 is 0 Å². The minimum atomic E-state index is -7.31. The molecule has 0 spiro atoms. The van der Waals surface area contributed by atoms with Crippen molar-refractivity contribution in [3.8, 4) is 0 Å². The average Bonchev–Trinajstić information content (AvgIpc) is 2.52. The van der Waals surface area contributed by atoms with E-state index in [9.17, 15) is 52.7 Å². The molecule has 0 aliphatic heterocycles. The van der Waals surface area contributed by atoms with Crippen molar-refractivity contribution in [1.29, 1.82) is 0 Å². The summed E-state index contributed by atoms with van der Waals surface area (Å²) >= 11 is 0. The molecule has 5 nitrogen and oxygen atoms in total. The smallest absolute Gasteiger partial charge is 0.460 e. The van der Waals surface area contributed by atoms with Gasteiger partial charge in [0.2, 0.25) is 0 Å². The molecule has 0 radical (unpaired) electrons. The lowest BCUT2D eigenvalue weighted by Gasteiger charge is -2.34. The molecule has 0 aromatic heterocycles. The third kappa shape index (κ3) is 4.86.